The van der Waals surface area contributed by atoms with Crippen LogP contribution in [-0.2, 0) is 21.4 Å². The highest BCUT2D eigenvalue weighted by molar-refractivity contribution is 5.92. The number of carbonyl (C=O) groups excluding carboxylic acids is 1. The van der Waals surface area contributed by atoms with E-state index in [4.69, 9.17) is 4.74 Å². The first-order chi connectivity index (χ1) is 12.2. The van der Waals surface area contributed by atoms with E-state index < -0.39 is 5.41 Å². The number of para-hydroxylation sites is 1. The molecule has 0 radical (unpaired) electrons. The summed E-state index contributed by atoms with van der Waals surface area (Å²) < 4.78 is 5.41. The minimum Gasteiger partial charge on any atom is -0.468 e. The molecule has 1 aromatic carbocycles. The second kappa shape index (κ2) is 5.21. The van der Waals surface area contributed by atoms with Gasteiger partial charge in [0.15, 0.2) is 0 Å². The van der Waals surface area contributed by atoms with E-state index in [0.717, 1.165) is 43.6 Å². The summed E-state index contributed by atoms with van der Waals surface area (Å²) in [6.45, 7) is 4.28. The molecule has 1 N–H and O–H groups in total. The molecule has 3 aliphatic heterocycles. The number of rotatable bonds is 2. The Bertz CT molecular complexity index is 896. The van der Waals surface area contributed by atoms with Gasteiger partial charge in [-0.15, -0.1) is 0 Å². The Balaban J connectivity index is 1.83. The Morgan fingerprint density at radius 2 is 2.24 bits per heavy atom. The zero-order valence-corrected chi connectivity index (χ0v) is 14.8. The van der Waals surface area contributed by atoms with Crippen molar-refractivity contribution in [2.24, 2.45) is 5.92 Å². The summed E-state index contributed by atoms with van der Waals surface area (Å²) in [6.07, 6.45) is 5.25. The van der Waals surface area contributed by atoms with Gasteiger partial charge in [0.2, 0.25) is 0 Å². The van der Waals surface area contributed by atoms with E-state index in [-0.39, 0.29) is 12.0 Å². The van der Waals surface area contributed by atoms with Crippen molar-refractivity contribution in [1.29, 1.82) is 0 Å². The third kappa shape index (κ3) is 1.83. The van der Waals surface area contributed by atoms with Crippen LogP contribution in [0.1, 0.15) is 31.0 Å². The molecule has 4 heteroatoms. The standard InChI is InChI=1S/C21H24N2O2/c1-3-14-10-13-11-21(20(24)25-2)18-16(8-9-23(12-13)19(14)21)15-6-4-5-7-17(15)22-18/h4-7,10,13,19,22H,3,8-9,11-12H2,1-2H3/t13?,19-,21-/m1/s1. The number of hydrogen-bond donors (Lipinski definition) is 1. The summed E-state index contributed by atoms with van der Waals surface area (Å²) in [4.78, 5) is 19.4. The van der Waals surface area contributed by atoms with Crippen LogP contribution in [0.3, 0.4) is 0 Å². The Kier molecular flexibility index (Phi) is 3.17. The van der Waals surface area contributed by atoms with Gasteiger partial charge in [0.25, 0.3) is 0 Å². The lowest BCUT2D eigenvalue weighted by molar-refractivity contribution is -0.153. The number of H-pyrrole nitrogens is 1. The number of carbonyl (C=O) groups is 1. The van der Waals surface area contributed by atoms with Crippen LogP contribution in [0.25, 0.3) is 10.9 Å². The molecule has 6 rings (SSSR count). The molecule has 2 unspecified atom stereocenters. The molecule has 4 aliphatic rings. The van der Waals surface area contributed by atoms with Gasteiger partial charge in [0.1, 0.15) is 5.41 Å². The third-order valence-corrected chi connectivity index (χ3v) is 6.55. The number of benzene rings is 1. The van der Waals surface area contributed by atoms with E-state index >= 15 is 0 Å². The SMILES string of the molecule is CCC1=CC2CN3CCc4c([nH]c5ccccc45)[C@](C(=O)OC)(C2)[C@@H]13. The van der Waals surface area contributed by atoms with Crippen molar-refractivity contribution >= 4 is 16.9 Å². The number of aromatic amines is 1. The van der Waals surface area contributed by atoms with E-state index in [9.17, 15) is 4.79 Å². The van der Waals surface area contributed by atoms with Gasteiger partial charge in [-0.25, -0.2) is 0 Å². The minimum atomic E-state index is -0.595. The first-order valence-corrected chi connectivity index (χ1v) is 9.32. The average Bonchev–Trinajstić information content (AvgIpc) is 3.00. The van der Waals surface area contributed by atoms with Gasteiger partial charge in [-0.3, -0.25) is 9.69 Å². The summed E-state index contributed by atoms with van der Waals surface area (Å²) in [6, 6.07) is 8.56. The van der Waals surface area contributed by atoms with Gasteiger partial charge in [-0.1, -0.05) is 36.8 Å². The highest BCUT2D eigenvalue weighted by Crippen LogP contribution is 2.52. The Labute approximate surface area is 147 Å². The largest absolute Gasteiger partial charge is 0.468 e. The fourth-order valence-electron chi connectivity index (χ4n) is 5.71. The van der Waals surface area contributed by atoms with Gasteiger partial charge >= 0.3 is 5.97 Å². The smallest absolute Gasteiger partial charge is 0.319 e. The number of ether oxygens (including phenoxy) is 1. The number of piperidine rings is 1. The number of fused-ring (bicyclic) bond motifs is 3. The molecular formula is C21H24N2O2. The van der Waals surface area contributed by atoms with E-state index in [2.05, 4.69) is 47.1 Å². The predicted molar refractivity (Wildman–Crippen MR) is 97.5 cm³/mol. The molecule has 1 aromatic heterocycles. The maximum atomic E-state index is 13.2. The van der Waals surface area contributed by atoms with Crippen LogP contribution < -0.4 is 0 Å². The van der Waals surface area contributed by atoms with Crippen LogP contribution >= 0.6 is 0 Å². The number of nitrogens with one attached hydrogen (secondary N) is 1. The molecule has 0 saturated carbocycles. The Morgan fingerprint density at radius 1 is 1.40 bits per heavy atom. The van der Waals surface area contributed by atoms with Crippen LogP contribution in [-0.4, -0.2) is 42.1 Å². The van der Waals surface area contributed by atoms with Crippen LogP contribution in [0, 0.1) is 5.92 Å². The van der Waals surface area contributed by atoms with Crippen LogP contribution in [0.4, 0.5) is 0 Å². The number of aromatic nitrogens is 1. The van der Waals surface area contributed by atoms with Gasteiger partial charge < -0.3 is 9.72 Å². The van der Waals surface area contributed by atoms with Gasteiger partial charge in [-0.05, 0) is 36.8 Å². The Hall–Kier alpha value is -2.07. The minimum absolute atomic E-state index is 0.0824. The molecule has 4 atom stereocenters. The van der Waals surface area contributed by atoms with Gasteiger partial charge in [0.05, 0.1) is 13.2 Å². The summed E-state index contributed by atoms with van der Waals surface area (Å²) in [7, 11) is 1.53. The maximum absolute atomic E-state index is 13.2. The lowest BCUT2D eigenvalue weighted by atomic mass is 9.60. The summed E-state index contributed by atoms with van der Waals surface area (Å²) in [5.41, 5.74) is 4.36. The zero-order valence-electron chi connectivity index (χ0n) is 14.8. The molecule has 1 aliphatic carbocycles. The van der Waals surface area contributed by atoms with Crippen LogP contribution in [0.5, 0.6) is 0 Å². The maximum Gasteiger partial charge on any atom is 0.319 e. The van der Waals surface area contributed by atoms with E-state index in [1.54, 1.807) is 0 Å². The first-order valence-electron chi connectivity index (χ1n) is 9.32. The predicted octanol–water partition coefficient (Wildman–Crippen LogP) is 3.18. The van der Waals surface area contributed by atoms with Crippen LogP contribution in [0.2, 0.25) is 0 Å². The number of methoxy groups -OCH3 is 1. The van der Waals surface area contributed by atoms with Crippen LogP contribution in [0.15, 0.2) is 35.9 Å². The van der Waals surface area contributed by atoms with Crippen molar-refractivity contribution in [3.05, 3.63) is 47.2 Å². The number of esters is 1. The molecule has 25 heavy (non-hydrogen) atoms. The molecule has 0 amide bonds. The molecule has 2 aromatic rings. The van der Waals surface area contributed by atoms with Crippen molar-refractivity contribution < 1.29 is 9.53 Å². The average molecular weight is 336 g/mol. The quantitative estimate of drug-likeness (QED) is 0.677. The summed E-state index contributed by atoms with van der Waals surface area (Å²) >= 11 is 0. The van der Waals surface area contributed by atoms with Crippen molar-refractivity contribution in [2.45, 2.75) is 37.6 Å². The molecule has 0 spiro atoms. The Morgan fingerprint density at radius 3 is 3.04 bits per heavy atom. The monoisotopic (exact) mass is 336 g/mol. The molecule has 130 valence electrons. The molecule has 4 nitrogen and oxygen atoms in total. The van der Waals surface area contributed by atoms with E-state index in [1.165, 1.54) is 23.6 Å². The highest BCUT2D eigenvalue weighted by Gasteiger charge is 2.60. The van der Waals surface area contributed by atoms with E-state index in [1.807, 2.05) is 0 Å². The van der Waals surface area contributed by atoms with Crippen molar-refractivity contribution in [3.63, 3.8) is 0 Å². The zero-order chi connectivity index (χ0) is 17.2. The fraction of sp³-hybridized carbons (Fsp3) is 0.476. The number of hydrogen-bond acceptors (Lipinski definition) is 3. The normalized spacial score (nSPS) is 32.9. The topological polar surface area (TPSA) is 45.3 Å². The number of nitrogens with zero attached hydrogens (tertiary/aromatic N) is 1. The molecule has 1 saturated heterocycles. The van der Waals surface area contributed by atoms with E-state index in [0.29, 0.717) is 5.92 Å². The van der Waals surface area contributed by atoms with Gasteiger partial charge in [-0.2, -0.15) is 0 Å². The lowest BCUT2D eigenvalue weighted by Crippen LogP contribution is -2.63. The van der Waals surface area contributed by atoms with Crippen molar-refractivity contribution in [1.82, 2.24) is 9.88 Å². The second-order valence-electron chi connectivity index (χ2n) is 7.69. The molecular weight excluding hydrogens is 312 g/mol. The molecule has 1 fully saturated rings. The van der Waals surface area contributed by atoms with Crippen molar-refractivity contribution in [3.8, 4) is 0 Å². The van der Waals surface area contributed by atoms with Gasteiger partial charge in [0, 0.05) is 29.7 Å². The summed E-state index contributed by atoms with van der Waals surface area (Å²) in [5.74, 6) is 0.345. The van der Waals surface area contributed by atoms with Crippen molar-refractivity contribution in [2.75, 3.05) is 20.2 Å². The summed E-state index contributed by atoms with van der Waals surface area (Å²) in [5, 5.41) is 1.26. The first kappa shape index (κ1) is 15.2. The second-order valence-corrected chi connectivity index (χ2v) is 7.69. The fourth-order valence-corrected chi connectivity index (χ4v) is 5.71. The molecule has 4 heterocycles. The third-order valence-electron chi connectivity index (χ3n) is 6.55. The molecule has 4 bridgehead atoms. The lowest BCUT2D eigenvalue weighted by Gasteiger charge is -2.53. The highest BCUT2D eigenvalue weighted by atomic mass is 16.5.